The molecule has 2 bridgehead atoms. The van der Waals surface area contributed by atoms with E-state index in [1.807, 2.05) is 48.2 Å². The van der Waals surface area contributed by atoms with Crippen LogP contribution in [-0.4, -0.2) is 70.2 Å². The molecular weight excluding hydrogens is 588 g/mol. The third-order valence-electron chi connectivity index (χ3n) is 11.0. The number of likely N-dealkylation sites (tertiary alicyclic amines) is 1. The molecule has 7 rings (SSSR count). The number of esters is 1. The maximum absolute atomic E-state index is 14.1. The zero-order valence-corrected chi connectivity index (χ0v) is 27.9. The summed E-state index contributed by atoms with van der Waals surface area (Å²) in [5.74, 6) is 0.731. The number of carbonyl (C=O) groups excluding carboxylic acids is 2. The van der Waals surface area contributed by atoms with E-state index < -0.39 is 23.1 Å². The second-order valence-electron chi connectivity index (χ2n) is 14.4. The van der Waals surface area contributed by atoms with Crippen LogP contribution >= 0.6 is 0 Å². The zero-order chi connectivity index (χ0) is 32.9. The van der Waals surface area contributed by atoms with Crippen LogP contribution in [0.3, 0.4) is 0 Å². The van der Waals surface area contributed by atoms with Gasteiger partial charge >= 0.3 is 5.97 Å². The van der Waals surface area contributed by atoms with Gasteiger partial charge in [0.05, 0.1) is 17.1 Å². The van der Waals surface area contributed by atoms with Crippen LogP contribution in [0.25, 0.3) is 6.08 Å². The normalized spacial score (nSPS) is 27.4. The average Bonchev–Trinajstić information content (AvgIpc) is 3.39. The van der Waals surface area contributed by atoms with E-state index >= 15 is 0 Å². The Hall–Kier alpha value is -3.94. The van der Waals surface area contributed by atoms with Gasteiger partial charge in [0.2, 0.25) is 5.91 Å². The Labute approximate surface area is 278 Å². The Bertz CT molecular complexity index is 1700. The second kappa shape index (κ2) is 12.3. The molecule has 0 radical (unpaired) electrons. The lowest BCUT2D eigenvalue weighted by Gasteiger charge is -2.65. The Balaban J connectivity index is 1.28. The summed E-state index contributed by atoms with van der Waals surface area (Å²) in [6.07, 6.45) is 6.59. The molecule has 1 amide bonds. The number of ether oxygens (including phenoxy) is 2. The van der Waals surface area contributed by atoms with E-state index in [0.29, 0.717) is 43.7 Å². The number of carbonyl (C=O) groups is 2. The van der Waals surface area contributed by atoms with Crippen molar-refractivity contribution in [1.82, 2.24) is 9.80 Å². The van der Waals surface area contributed by atoms with Crippen LogP contribution in [0, 0.1) is 12.8 Å². The highest BCUT2D eigenvalue weighted by atomic mass is 16.6. The smallest absolute Gasteiger partial charge is 0.308 e. The lowest BCUT2D eigenvalue weighted by atomic mass is 9.48. The quantitative estimate of drug-likeness (QED) is 0.180. The molecule has 0 aromatic heterocycles. The summed E-state index contributed by atoms with van der Waals surface area (Å²) in [6.45, 7) is 9.95. The number of benzene rings is 3. The molecule has 3 aromatic rings. The van der Waals surface area contributed by atoms with E-state index in [9.17, 15) is 14.7 Å². The van der Waals surface area contributed by atoms with Crippen molar-refractivity contribution in [2.75, 3.05) is 19.6 Å². The third kappa shape index (κ3) is 5.38. The summed E-state index contributed by atoms with van der Waals surface area (Å²) in [7, 11) is 0. The van der Waals surface area contributed by atoms with Crippen molar-refractivity contribution in [1.29, 1.82) is 0 Å². The molecule has 47 heavy (non-hydrogen) atoms. The first-order valence-corrected chi connectivity index (χ1v) is 17.2. The molecule has 5 atom stereocenters. The third-order valence-corrected chi connectivity index (χ3v) is 11.0. The van der Waals surface area contributed by atoms with E-state index in [4.69, 9.17) is 9.47 Å². The Morgan fingerprint density at radius 3 is 2.66 bits per heavy atom. The first-order valence-electron chi connectivity index (χ1n) is 17.2. The van der Waals surface area contributed by atoms with Gasteiger partial charge in [-0.15, -0.1) is 0 Å². The topological polar surface area (TPSA) is 79.3 Å². The minimum Gasteiger partial charge on any atom is -0.483 e. The van der Waals surface area contributed by atoms with Gasteiger partial charge < -0.3 is 19.5 Å². The van der Waals surface area contributed by atoms with Crippen molar-refractivity contribution in [2.24, 2.45) is 5.92 Å². The minimum absolute atomic E-state index is 0.0558. The number of amides is 1. The standard InChI is InChI=1S/C40H46N2O5/c1-26(2)25-42(35(44)16-13-30-12-8-9-27(3)23-30)32-17-19-40(45)34-24-31-14-15-33(46-28(4)43)37-36(31)39(40,38(32)47-37)20-22-41(34)21-18-29-10-6-5-7-11-29/h5-16,23,26,32,34,38,45H,17-22,24-25H2,1-4H3/t32-,34+,38-,39-,40+/m0/s1. The molecule has 1 saturated carbocycles. The fourth-order valence-electron chi connectivity index (χ4n) is 9.15. The number of hydrogen-bond donors (Lipinski definition) is 1. The number of rotatable bonds is 9. The van der Waals surface area contributed by atoms with Crippen LogP contribution in [0.1, 0.15) is 67.9 Å². The van der Waals surface area contributed by atoms with Crippen molar-refractivity contribution >= 4 is 18.0 Å². The number of nitrogens with zero attached hydrogens (tertiary/aromatic N) is 2. The van der Waals surface area contributed by atoms with Crippen LogP contribution < -0.4 is 9.47 Å². The van der Waals surface area contributed by atoms with Crippen molar-refractivity contribution in [3.05, 3.63) is 101 Å². The Kier molecular flexibility index (Phi) is 8.25. The fourth-order valence-corrected chi connectivity index (χ4v) is 9.15. The molecule has 2 aliphatic heterocycles. The van der Waals surface area contributed by atoms with E-state index in [-0.39, 0.29) is 23.9 Å². The summed E-state index contributed by atoms with van der Waals surface area (Å²) in [5.41, 5.74) is 3.76. The van der Waals surface area contributed by atoms with Gasteiger partial charge in [0, 0.05) is 37.7 Å². The van der Waals surface area contributed by atoms with E-state index in [2.05, 4.69) is 55.1 Å². The number of hydrogen-bond acceptors (Lipinski definition) is 6. The first kappa shape index (κ1) is 31.6. The number of aliphatic hydroxyl groups is 1. The summed E-state index contributed by atoms with van der Waals surface area (Å²) in [4.78, 5) is 30.8. The van der Waals surface area contributed by atoms with Crippen LogP contribution in [0.2, 0.25) is 0 Å². The molecule has 246 valence electrons. The van der Waals surface area contributed by atoms with Gasteiger partial charge in [0.15, 0.2) is 11.5 Å². The SMILES string of the molecule is CC(=O)Oc1ccc2c3c1O[C@H]1[C@@H](N(CC(C)C)C(=O)C=Cc4cccc(C)c4)CC[C@@]4(O)[C@@H](C2)N(CCc2ccccc2)CC[C@]314. The lowest BCUT2D eigenvalue weighted by Crippen LogP contribution is -2.78. The van der Waals surface area contributed by atoms with Crippen molar-refractivity contribution in [3.63, 3.8) is 0 Å². The highest BCUT2D eigenvalue weighted by Crippen LogP contribution is 2.66. The largest absolute Gasteiger partial charge is 0.483 e. The van der Waals surface area contributed by atoms with Crippen LogP contribution in [0.15, 0.2) is 72.8 Å². The molecule has 0 unspecified atom stereocenters. The Morgan fingerprint density at radius 1 is 1.11 bits per heavy atom. The zero-order valence-electron chi connectivity index (χ0n) is 27.9. The molecule has 7 nitrogen and oxygen atoms in total. The van der Waals surface area contributed by atoms with E-state index in [1.165, 1.54) is 12.5 Å². The molecule has 3 aromatic carbocycles. The molecular formula is C40H46N2O5. The van der Waals surface area contributed by atoms with Crippen molar-refractivity contribution < 1.29 is 24.2 Å². The predicted octanol–water partition coefficient (Wildman–Crippen LogP) is 5.88. The fraction of sp³-hybridized carbons (Fsp3) is 0.450. The molecule has 1 saturated heterocycles. The van der Waals surface area contributed by atoms with Gasteiger partial charge in [0.1, 0.15) is 6.10 Å². The minimum atomic E-state index is -1.06. The molecule has 2 fully saturated rings. The summed E-state index contributed by atoms with van der Waals surface area (Å²) < 4.78 is 12.7. The number of piperidine rings is 1. The molecule has 7 heteroatoms. The molecule has 1 spiro atoms. The van der Waals surface area contributed by atoms with Crippen LogP contribution in [0.5, 0.6) is 11.5 Å². The number of aryl methyl sites for hydroxylation is 1. The molecule has 4 aliphatic rings. The van der Waals surface area contributed by atoms with Gasteiger partial charge in [0.25, 0.3) is 0 Å². The predicted molar refractivity (Wildman–Crippen MR) is 182 cm³/mol. The molecule has 2 heterocycles. The van der Waals surface area contributed by atoms with Crippen molar-refractivity contribution in [2.45, 2.75) is 89.0 Å². The van der Waals surface area contributed by atoms with Crippen LogP contribution in [-0.2, 0) is 27.8 Å². The van der Waals surface area contributed by atoms with Gasteiger partial charge in [-0.2, -0.15) is 0 Å². The Morgan fingerprint density at radius 2 is 1.91 bits per heavy atom. The molecule has 1 N–H and O–H groups in total. The van der Waals surface area contributed by atoms with Crippen molar-refractivity contribution in [3.8, 4) is 11.5 Å². The highest BCUT2D eigenvalue weighted by molar-refractivity contribution is 5.92. The first-order chi connectivity index (χ1) is 22.6. The highest BCUT2D eigenvalue weighted by Gasteiger charge is 2.73. The summed E-state index contributed by atoms with van der Waals surface area (Å²) in [6, 6.07) is 22.2. The monoisotopic (exact) mass is 634 g/mol. The maximum Gasteiger partial charge on any atom is 0.308 e. The molecule has 2 aliphatic carbocycles. The van der Waals surface area contributed by atoms with Gasteiger partial charge in [-0.05, 0) is 80.3 Å². The van der Waals surface area contributed by atoms with Gasteiger partial charge in [-0.25, -0.2) is 0 Å². The van der Waals surface area contributed by atoms with E-state index in [0.717, 1.165) is 41.8 Å². The lowest BCUT2D eigenvalue weighted by molar-refractivity contribution is -0.201. The van der Waals surface area contributed by atoms with E-state index in [1.54, 1.807) is 6.08 Å². The average molecular weight is 635 g/mol. The summed E-state index contributed by atoms with van der Waals surface area (Å²) >= 11 is 0. The van der Waals surface area contributed by atoms with Gasteiger partial charge in [-0.1, -0.05) is 80.1 Å². The van der Waals surface area contributed by atoms with Gasteiger partial charge in [-0.3, -0.25) is 14.5 Å². The second-order valence-corrected chi connectivity index (χ2v) is 14.4. The van der Waals surface area contributed by atoms with Crippen LogP contribution in [0.4, 0.5) is 0 Å². The summed E-state index contributed by atoms with van der Waals surface area (Å²) in [5, 5.41) is 13.1. The maximum atomic E-state index is 14.1.